The van der Waals surface area contributed by atoms with E-state index in [0.717, 1.165) is 39.5 Å². The van der Waals surface area contributed by atoms with Crippen molar-refractivity contribution >= 4 is 38.4 Å². The predicted octanol–water partition coefficient (Wildman–Crippen LogP) is 6.52. The highest BCUT2D eigenvalue weighted by Crippen LogP contribution is 2.45. The number of rotatable bonds is 6. The zero-order chi connectivity index (χ0) is 24.4. The summed E-state index contributed by atoms with van der Waals surface area (Å²) < 4.78 is 6.77. The molecule has 0 saturated carbocycles. The van der Waals surface area contributed by atoms with E-state index >= 15 is 0 Å². The monoisotopic (exact) mass is 550 g/mol. The minimum Gasteiger partial charge on any atom is -0.481 e. The maximum absolute atomic E-state index is 12.3. The molecule has 0 bridgehead atoms. The van der Waals surface area contributed by atoms with Crippen LogP contribution in [0, 0.1) is 0 Å². The third-order valence-electron chi connectivity index (χ3n) is 6.93. The summed E-state index contributed by atoms with van der Waals surface area (Å²) in [5, 5.41) is 17.6. The number of aliphatic hydroxyl groups is 1. The second-order valence-corrected chi connectivity index (χ2v) is 10.7. The van der Waals surface area contributed by atoms with Crippen LogP contribution in [0.5, 0.6) is 5.88 Å². The first-order valence-corrected chi connectivity index (χ1v) is 13.0. The lowest BCUT2D eigenvalue weighted by molar-refractivity contribution is -0.0191. The molecule has 5 rings (SSSR count). The van der Waals surface area contributed by atoms with Crippen molar-refractivity contribution in [2.24, 2.45) is 0 Å². The molecule has 2 heterocycles. The van der Waals surface area contributed by atoms with Gasteiger partial charge in [-0.3, -0.25) is 0 Å². The van der Waals surface area contributed by atoms with Gasteiger partial charge in [0.25, 0.3) is 0 Å². The summed E-state index contributed by atoms with van der Waals surface area (Å²) in [6.45, 7) is 0.729. The van der Waals surface area contributed by atoms with Crippen LogP contribution in [0.3, 0.4) is 0 Å². The summed E-state index contributed by atoms with van der Waals surface area (Å²) in [7, 11) is 1.64. The van der Waals surface area contributed by atoms with Crippen molar-refractivity contribution in [2.45, 2.75) is 36.8 Å². The summed E-state index contributed by atoms with van der Waals surface area (Å²) in [6, 6.07) is 26.5. The standard InChI is InChI=1S/C29H28BrClN2O2/c1-35-28-25(17-21-16-22(30)9-12-26(21)33-28)27(20-7-10-23(31)11-8-20)29(34)13-14-32-24(18-29)15-19-5-3-2-4-6-19/h2-12,16-17,24,27,32,34H,13-15,18H2,1H3/t24-,27?,29?/m1/s1. The topological polar surface area (TPSA) is 54.4 Å². The lowest BCUT2D eigenvalue weighted by Gasteiger charge is -2.43. The summed E-state index contributed by atoms with van der Waals surface area (Å²) in [6.07, 6.45) is 2.08. The van der Waals surface area contributed by atoms with E-state index in [-0.39, 0.29) is 12.0 Å². The number of halogens is 2. The fourth-order valence-corrected chi connectivity index (χ4v) is 5.85. The van der Waals surface area contributed by atoms with Gasteiger partial charge in [-0.1, -0.05) is 70.0 Å². The van der Waals surface area contributed by atoms with Crippen molar-refractivity contribution < 1.29 is 9.84 Å². The first-order chi connectivity index (χ1) is 16.9. The molecular formula is C29H28BrClN2O2. The minimum atomic E-state index is -0.993. The lowest BCUT2D eigenvalue weighted by Crippen LogP contribution is -2.52. The van der Waals surface area contributed by atoms with Crippen LogP contribution in [0.4, 0.5) is 0 Å². The number of pyridine rings is 1. The van der Waals surface area contributed by atoms with Gasteiger partial charge in [0.2, 0.25) is 5.88 Å². The van der Waals surface area contributed by atoms with Crippen molar-refractivity contribution in [3.8, 4) is 5.88 Å². The number of hydrogen-bond acceptors (Lipinski definition) is 4. The molecule has 4 aromatic rings. The molecule has 1 aliphatic heterocycles. The van der Waals surface area contributed by atoms with E-state index in [4.69, 9.17) is 21.3 Å². The Morgan fingerprint density at radius 1 is 1.11 bits per heavy atom. The molecule has 2 N–H and O–H groups in total. The number of methoxy groups -OCH3 is 1. The highest BCUT2D eigenvalue weighted by Gasteiger charge is 2.44. The Morgan fingerprint density at radius 3 is 2.63 bits per heavy atom. The van der Waals surface area contributed by atoms with Crippen LogP contribution in [-0.4, -0.2) is 35.4 Å². The summed E-state index contributed by atoms with van der Waals surface area (Å²) in [5.41, 5.74) is 2.98. The lowest BCUT2D eigenvalue weighted by atomic mass is 9.70. The average molecular weight is 552 g/mol. The van der Waals surface area contributed by atoms with E-state index in [1.54, 1.807) is 7.11 Å². The molecule has 35 heavy (non-hydrogen) atoms. The molecule has 0 spiro atoms. The van der Waals surface area contributed by atoms with Crippen LogP contribution >= 0.6 is 27.5 Å². The molecule has 0 amide bonds. The molecule has 3 aromatic carbocycles. The van der Waals surface area contributed by atoms with Gasteiger partial charge in [-0.15, -0.1) is 0 Å². The third-order valence-corrected chi connectivity index (χ3v) is 7.68. The van der Waals surface area contributed by atoms with E-state index in [0.29, 0.717) is 23.7 Å². The molecule has 4 nitrogen and oxygen atoms in total. The van der Waals surface area contributed by atoms with Crippen LogP contribution in [0.25, 0.3) is 10.9 Å². The number of benzene rings is 3. The Bertz CT molecular complexity index is 1320. The van der Waals surface area contributed by atoms with Crippen LogP contribution in [0.2, 0.25) is 5.02 Å². The van der Waals surface area contributed by atoms with E-state index < -0.39 is 5.60 Å². The normalized spacial score (nSPS) is 21.1. The molecule has 1 fully saturated rings. The molecule has 6 heteroatoms. The van der Waals surface area contributed by atoms with Gasteiger partial charge in [0.1, 0.15) is 0 Å². The van der Waals surface area contributed by atoms with Gasteiger partial charge in [-0.2, -0.15) is 0 Å². The van der Waals surface area contributed by atoms with E-state index in [1.807, 2.05) is 42.5 Å². The number of nitrogens with zero attached hydrogens (tertiary/aromatic N) is 1. The fourth-order valence-electron chi connectivity index (χ4n) is 5.35. The zero-order valence-electron chi connectivity index (χ0n) is 19.5. The van der Waals surface area contributed by atoms with Crippen LogP contribution in [0.1, 0.15) is 35.4 Å². The summed E-state index contributed by atoms with van der Waals surface area (Å²) in [4.78, 5) is 4.82. The van der Waals surface area contributed by atoms with Crippen molar-refractivity contribution in [1.82, 2.24) is 10.3 Å². The van der Waals surface area contributed by atoms with Crippen molar-refractivity contribution in [3.05, 3.63) is 105 Å². The Hall–Kier alpha value is -2.44. The Kier molecular flexibility index (Phi) is 7.12. The van der Waals surface area contributed by atoms with Crippen molar-refractivity contribution in [1.29, 1.82) is 0 Å². The minimum absolute atomic E-state index is 0.152. The van der Waals surface area contributed by atoms with Crippen molar-refractivity contribution in [2.75, 3.05) is 13.7 Å². The molecule has 1 saturated heterocycles. The third kappa shape index (κ3) is 5.24. The molecule has 2 unspecified atom stereocenters. The Labute approximate surface area is 219 Å². The van der Waals surface area contributed by atoms with Gasteiger partial charge in [0.05, 0.1) is 18.2 Å². The SMILES string of the molecule is COc1nc2ccc(Br)cc2cc1C(c1ccc(Cl)cc1)C1(O)CCN[C@H](Cc2ccccc2)C1. The van der Waals surface area contributed by atoms with Gasteiger partial charge < -0.3 is 15.2 Å². The van der Waals surface area contributed by atoms with Gasteiger partial charge >= 0.3 is 0 Å². The second-order valence-electron chi connectivity index (χ2n) is 9.31. The molecule has 1 aromatic heterocycles. The summed E-state index contributed by atoms with van der Waals surface area (Å²) in [5.74, 6) is 0.206. The Morgan fingerprint density at radius 2 is 1.89 bits per heavy atom. The number of hydrogen-bond donors (Lipinski definition) is 2. The number of fused-ring (bicyclic) bond motifs is 1. The molecule has 1 aliphatic rings. The molecular weight excluding hydrogens is 524 g/mol. The van der Waals surface area contributed by atoms with Crippen molar-refractivity contribution in [3.63, 3.8) is 0 Å². The van der Waals surface area contributed by atoms with Crippen LogP contribution < -0.4 is 10.1 Å². The quantitative estimate of drug-likeness (QED) is 0.287. The highest BCUT2D eigenvalue weighted by atomic mass is 79.9. The van der Waals surface area contributed by atoms with Gasteiger partial charge in [0, 0.05) is 32.4 Å². The van der Waals surface area contributed by atoms with Gasteiger partial charge in [0.15, 0.2) is 0 Å². The van der Waals surface area contributed by atoms with E-state index in [2.05, 4.69) is 57.6 Å². The molecule has 0 aliphatic carbocycles. The molecule has 0 radical (unpaired) electrons. The first-order valence-electron chi connectivity index (χ1n) is 11.8. The Balaban J connectivity index is 1.60. The van der Waals surface area contributed by atoms with E-state index in [1.165, 1.54) is 5.56 Å². The predicted molar refractivity (Wildman–Crippen MR) is 145 cm³/mol. The van der Waals surface area contributed by atoms with Crippen LogP contribution in [-0.2, 0) is 6.42 Å². The number of ether oxygens (including phenoxy) is 1. The van der Waals surface area contributed by atoms with Gasteiger partial charge in [-0.05, 0) is 73.3 Å². The molecule has 3 atom stereocenters. The average Bonchev–Trinajstić information content (AvgIpc) is 2.85. The van der Waals surface area contributed by atoms with E-state index in [9.17, 15) is 5.11 Å². The number of nitrogens with one attached hydrogen (secondary N) is 1. The fraction of sp³-hybridized carbons (Fsp3) is 0.276. The largest absolute Gasteiger partial charge is 0.481 e. The number of aromatic nitrogens is 1. The number of piperidine rings is 1. The smallest absolute Gasteiger partial charge is 0.217 e. The maximum Gasteiger partial charge on any atom is 0.217 e. The summed E-state index contributed by atoms with van der Waals surface area (Å²) >= 11 is 9.81. The first kappa shape index (κ1) is 24.3. The highest BCUT2D eigenvalue weighted by molar-refractivity contribution is 9.10. The zero-order valence-corrected chi connectivity index (χ0v) is 21.9. The molecule has 180 valence electrons. The maximum atomic E-state index is 12.3. The second kappa shape index (κ2) is 10.3. The van der Waals surface area contributed by atoms with Gasteiger partial charge in [-0.25, -0.2) is 4.98 Å². The van der Waals surface area contributed by atoms with Crippen LogP contribution in [0.15, 0.2) is 83.3 Å².